The number of hydrogen-bond donors (Lipinski definition) is 6. The number of carbonyl (C=O) groups excluding carboxylic acids is 1. The van der Waals surface area contributed by atoms with Gasteiger partial charge in [-0.3, -0.25) is 4.79 Å². The van der Waals surface area contributed by atoms with Crippen molar-refractivity contribution in [1.82, 2.24) is 0 Å². The number of carbonyl (C=O) groups is 1. The van der Waals surface area contributed by atoms with Crippen LogP contribution in [0.15, 0.2) is 18.2 Å². The molecule has 186 valence electrons. The van der Waals surface area contributed by atoms with Gasteiger partial charge in [0.1, 0.15) is 31.0 Å². The minimum atomic E-state index is -2.28. The van der Waals surface area contributed by atoms with Gasteiger partial charge in [-0.1, -0.05) is 6.92 Å². The van der Waals surface area contributed by atoms with Crippen LogP contribution in [0, 0.1) is 0 Å². The van der Waals surface area contributed by atoms with Crippen molar-refractivity contribution in [2.75, 3.05) is 33.5 Å². The Kier molecular flexibility index (Phi) is 7.94. The molecule has 1 aromatic carbocycles. The van der Waals surface area contributed by atoms with E-state index in [1.807, 2.05) is 0 Å². The fraction of sp³-hybridized carbons (Fsp3) is 0.667. The maximum atomic E-state index is 11.9. The van der Waals surface area contributed by atoms with Gasteiger partial charge in [0.05, 0.1) is 26.9 Å². The number of Topliss-reactive ketones (excluding diaryl/α,β-unsaturated/α-hetero) is 1. The maximum absolute atomic E-state index is 11.9. The molecule has 7 unspecified atom stereocenters. The molecule has 0 saturated carbocycles. The molecular formula is C21H30O12. The van der Waals surface area contributed by atoms with E-state index in [0.29, 0.717) is 12.0 Å². The molecule has 0 aliphatic carbocycles. The summed E-state index contributed by atoms with van der Waals surface area (Å²) in [5.41, 5.74) is -1.69. The first-order chi connectivity index (χ1) is 15.6. The predicted molar refractivity (Wildman–Crippen MR) is 109 cm³/mol. The molecule has 0 spiro atoms. The first kappa shape index (κ1) is 25.7. The van der Waals surface area contributed by atoms with Gasteiger partial charge in [-0.05, 0) is 18.2 Å². The van der Waals surface area contributed by atoms with Gasteiger partial charge in [-0.25, -0.2) is 0 Å². The number of ether oxygens (including phenoxy) is 5. The number of hydrogen-bond acceptors (Lipinski definition) is 12. The Morgan fingerprint density at radius 1 is 1.12 bits per heavy atom. The van der Waals surface area contributed by atoms with Crippen LogP contribution in [0.5, 0.6) is 11.5 Å². The Bertz CT molecular complexity index is 833. The predicted octanol–water partition coefficient (Wildman–Crippen LogP) is -2.07. The summed E-state index contributed by atoms with van der Waals surface area (Å²) >= 11 is 0. The number of ketones is 1. The lowest BCUT2D eigenvalue weighted by Gasteiger charge is -2.42. The zero-order valence-corrected chi connectivity index (χ0v) is 18.3. The van der Waals surface area contributed by atoms with Gasteiger partial charge in [0.2, 0.25) is 12.1 Å². The highest BCUT2D eigenvalue weighted by Gasteiger charge is 2.57. The normalized spacial score (nSPS) is 36.5. The third kappa shape index (κ3) is 4.99. The monoisotopic (exact) mass is 474 g/mol. The molecule has 6 N–H and O–H groups in total. The van der Waals surface area contributed by atoms with Crippen LogP contribution in [0.3, 0.4) is 0 Å². The molecule has 12 heteroatoms. The quantitative estimate of drug-likeness (QED) is 0.170. The van der Waals surface area contributed by atoms with Crippen molar-refractivity contribution in [1.29, 1.82) is 0 Å². The second kappa shape index (κ2) is 10.2. The van der Waals surface area contributed by atoms with Crippen LogP contribution in [0.1, 0.15) is 23.7 Å². The Balaban J connectivity index is 1.74. The third-order valence-electron chi connectivity index (χ3n) is 5.83. The van der Waals surface area contributed by atoms with Crippen LogP contribution in [0.25, 0.3) is 0 Å². The van der Waals surface area contributed by atoms with E-state index in [2.05, 4.69) is 0 Å². The molecule has 2 aliphatic heterocycles. The van der Waals surface area contributed by atoms with Crippen LogP contribution in [0.4, 0.5) is 0 Å². The van der Waals surface area contributed by atoms with Crippen LogP contribution in [0.2, 0.25) is 0 Å². The minimum Gasteiger partial charge on any atom is -0.493 e. The molecule has 2 aliphatic rings. The van der Waals surface area contributed by atoms with Crippen LogP contribution >= 0.6 is 0 Å². The van der Waals surface area contributed by atoms with E-state index in [1.165, 1.54) is 25.3 Å². The average Bonchev–Trinajstić information content (AvgIpc) is 3.12. The number of aliphatic hydroxyl groups is 6. The fourth-order valence-electron chi connectivity index (χ4n) is 3.59. The van der Waals surface area contributed by atoms with E-state index in [0.717, 1.165) is 0 Å². The molecule has 12 nitrogen and oxygen atoms in total. The number of rotatable bonds is 9. The second-order valence-electron chi connectivity index (χ2n) is 8.05. The summed E-state index contributed by atoms with van der Waals surface area (Å²) in [7, 11) is 1.36. The van der Waals surface area contributed by atoms with E-state index in [9.17, 15) is 35.4 Å². The molecular weight excluding hydrogens is 444 g/mol. The SMILES string of the molecule is CCC(=O)c1ccc(OC2OC(COC3(O)COCC3(O)CO)C(O)C(O)C2O)c(OC)c1. The van der Waals surface area contributed by atoms with Crippen molar-refractivity contribution in [2.24, 2.45) is 0 Å². The molecule has 0 aromatic heterocycles. The zero-order valence-electron chi connectivity index (χ0n) is 18.3. The van der Waals surface area contributed by atoms with Crippen LogP contribution in [-0.4, -0.2) is 112 Å². The van der Waals surface area contributed by atoms with Crippen LogP contribution < -0.4 is 9.47 Å². The number of benzene rings is 1. The minimum absolute atomic E-state index is 0.106. The number of methoxy groups -OCH3 is 1. The summed E-state index contributed by atoms with van der Waals surface area (Å²) in [5.74, 6) is -2.10. The Labute approximate surface area is 189 Å². The lowest BCUT2D eigenvalue weighted by Crippen LogP contribution is -2.62. The largest absolute Gasteiger partial charge is 0.493 e. The summed E-state index contributed by atoms with van der Waals surface area (Å²) in [6.07, 6.45) is -7.47. The third-order valence-corrected chi connectivity index (χ3v) is 5.83. The smallest absolute Gasteiger partial charge is 0.229 e. The highest BCUT2D eigenvalue weighted by molar-refractivity contribution is 5.96. The Morgan fingerprint density at radius 2 is 1.85 bits per heavy atom. The summed E-state index contributed by atoms with van der Waals surface area (Å²) in [6, 6.07) is 4.42. The van der Waals surface area contributed by atoms with E-state index >= 15 is 0 Å². The maximum Gasteiger partial charge on any atom is 0.229 e. The lowest BCUT2D eigenvalue weighted by atomic mass is 9.96. The molecule has 0 amide bonds. The molecule has 7 atom stereocenters. The van der Waals surface area contributed by atoms with Crippen molar-refractivity contribution in [3.05, 3.63) is 23.8 Å². The Hall–Kier alpha value is -1.87. The van der Waals surface area contributed by atoms with Crippen molar-refractivity contribution in [2.45, 2.75) is 55.4 Å². The van der Waals surface area contributed by atoms with Crippen molar-refractivity contribution in [3.8, 4) is 11.5 Å². The number of aliphatic hydroxyl groups excluding tert-OH is 4. The van der Waals surface area contributed by atoms with E-state index < -0.39 is 61.9 Å². The van der Waals surface area contributed by atoms with Crippen LogP contribution in [-0.2, 0) is 14.2 Å². The van der Waals surface area contributed by atoms with Gasteiger partial charge in [0.25, 0.3) is 0 Å². The summed E-state index contributed by atoms with van der Waals surface area (Å²) < 4.78 is 26.8. The van der Waals surface area contributed by atoms with Gasteiger partial charge < -0.3 is 54.3 Å². The van der Waals surface area contributed by atoms with E-state index in [1.54, 1.807) is 6.92 Å². The van der Waals surface area contributed by atoms with Crippen molar-refractivity contribution in [3.63, 3.8) is 0 Å². The molecule has 33 heavy (non-hydrogen) atoms. The average molecular weight is 474 g/mol. The summed E-state index contributed by atoms with van der Waals surface area (Å²) in [5, 5.41) is 61.1. The molecule has 1 aromatic rings. The van der Waals surface area contributed by atoms with Crippen molar-refractivity contribution < 1.29 is 59.1 Å². The lowest BCUT2D eigenvalue weighted by molar-refractivity contribution is -0.321. The van der Waals surface area contributed by atoms with Crippen molar-refractivity contribution >= 4 is 5.78 Å². The molecule has 0 radical (unpaired) electrons. The molecule has 3 rings (SSSR count). The van der Waals surface area contributed by atoms with Gasteiger partial charge in [0, 0.05) is 12.0 Å². The topological polar surface area (TPSA) is 185 Å². The van der Waals surface area contributed by atoms with Gasteiger partial charge in [0.15, 0.2) is 22.9 Å². The molecule has 2 fully saturated rings. The Morgan fingerprint density at radius 3 is 2.48 bits per heavy atom. The second-order valence-corrected chi connectivity index (χ2v) is 8.05. The standard InChI is InChI=1S/C21H30O12/c1-3-12(23)11-4-5-13(14(6-11)29-2)32-19-18(26)17(25)16(24)15(33-19)7-31-21(28)10-30-9-20(21,27)8-22/h4-6,15-19,22,24-28H,3,7-10H2,1-2H3. The first-order valence-electron chi connectivity index (χ1n) is 10.4. The summed E-state index contributed by atoms with van der Waals surface area (Å²) in [4.78, 5) is 11.9. The van der Waals surface area contributed by atoms with Gasteiger partial charge >= 0.3 is 0 Å². The summed E-state index contributed by atoms with van der Waals surface area (Å²) in [6.45, 7) is -0.500. The van der Waals surface area contributed by atoms with Gasteiger partial charge in [-0.2, -0.15) is 0 Å². The van der Waals surface area contributed by atoms with E-state index in [4.69, 9.17) is 23.7 Å². The molecule has 0 bridgehead atoms. The molecule has 2 saturated heterocycles. The highest BCUT2D eigenvalue weighted by Crippen LogP contribution is 2.34. The zero-order chi connectivity index (χ0) is 24.4. The molecule has 2 heterocycles. The first-order valence-corrected chi connectivity index (χ1v) is 10.4. The van der Waals surface area contributed by atoms with E-state index in [-0.39, 0.29) is 23.9 Å². The fourth-order valence-corrected chi connectivity index (χ4v) is 3.59. The highest BCUT2D eigenvalue weighted by atomic mass is 16.7. The van der Waals surface area contributed by atoms with Gasteiger partial charge in [-0.15, -0.1) is 0 Å².